The van der Waals surface area contributed by atoms with Crippen LogP contribution in [-0.4, -0.2) is 0 Å². The Bertz CT molecular complexity index is 1070. The van der Waals surface area contributed by atoms with E-state index in [9.17, 15) is 5.11 Å². The van der Waals surface area contributed by atoms with Gasteiger partial charge in [0.1, 0.15) is 0 Å². The van der Waals surface area contributed by atoms with Crippen molar-refractivity contribution in [3.63, 3.8) is 0 Å². The summed E-state index contributed by atoms with van der Waals surface area (Å²) >= 11 is 0. The predicted octanol–water partition coefficient (Wildman–Crippen LogP) is 1.55. The Kier molecular flexibility index (Phi) is 9.79. The second kappa shape index (κ2) is 11.4. The summed E-state index contributed by atoms with van der Waals surface area (Å²) in [6, 6.07) is 12.7. The van der Waals surface area contributed by atoms with Crippen LogP contribution >= 0.6 is 0 Å². The van der Waals surface area contributed by atoms with Gasteiger partial charge < -0.3 is 29.9 Å². The van der Waals surface area contributed by atoms with E-state index in [1.807, 2.05) is 0 Å². The number of hydrogen-bond acceptors (Lipinski definition) is 1. The van der Waals surface area contributed by atoms with Crippen LogP contribution in [0.25, 0.3) is 0 Å². The molecule has 0 amide bonds. The molecule has 3 aliphatic carbocycles. The zero-order valence-corrected chi connectivity index (χ0v) is 23.9. The molecule has 1 nitrogen and oxygen atoms in total. The molecule has 2 aromatic rings. The van der Waals surface area contributed by atoms with Crippen LogP contribution in [0.5, 0.6) is 5.75 Å². The van der Waals surface area contributed by atoms with Crippen LogP contribution in [-0.2, 0) is 27.1 Å². The fraction of sp³-hybridized carbons (Fsp3) is 0.467. The predicted molar refractivity (Wildman–Crippen MR) is 128 cm³/mol. The van der Waals surface area contributed by atoms with Crippen molar-refractivity contribution in [1.82, 2.24) is 0 Å². The van der Waals surface area contributed by atoms with Crippen LogP contribution in [0, 0.1) is 13.8 Å². The molecule has 0 aromatic heterocycles. The number of aryl methyl sites for hydroxylation is 1. The van der Waals surface area contributed by atoms with Gasteiger partial charge in [-0.1, -0.05) is 61.4 Å². The second-order valence-electron chi connectivity index (χ2n) is 10.5. The first-order valence-corrected chi connectivity index (χ1v) is 12.2. The molecule has 34 heavy (non-hydrogen) atoms. The standard InChI is InChI=1S/C30H36O.2ClH.Ti/c1-19-18-26(30(3,4)21-12-6-5-7-13-21)29(31)27(20(19)2)28-24-16-10-8-14-22(24)23-15-9-11-17-25(23)28;;;/h5-7,12-13,18,28,31H,8-11,14-17H2,1-4H3;2*1H;/q;;;+3/p-3. The fourth-order valence-electron chi connectivity index (χ4n) is 6.48. The molecule has 1 radical (unpaired) electrons. The first-order valence-electron chi connectivity index (χ1n) is 12.2. The van der Waals surface area contributed by atoms with E-state index in [2.05, 4.69) is 64.1 Å². The number of hydrogen-bond donors (Lipinski definition) is 0. The van der Waals surface area contributed by atoms with Gasteiger partial charge >= 0.3 is 21.7 Å². The van der Waals surface area contributed by atoms with Gasteiger partial charge in [-0.25, -0.2) is 0 Å². The first-order chi connectivity index (χ1) is 14.9. The van der Waals surface area contributed by atoms with Crippen molar-refractivity contribution < 1.29 is 51.6 Å². The number of rotatable bonds is 3. The Morgan fingerprint density at radius 2 is 1.29 bits per heavy atom. The van der Waals surface area contributed by atoms with Crippen LogP contribution in [0.3, 0.4) is 0 Å². The summed E-state index contributed by atoms with van der Waals surface area (Å²) in [7, 11) is 0. The fourth-order valence-corrected chi connectivity index (χ4v) is 6.48. The van der Waals surface area contributed by atoms with E-state index in [-0.39, 0.29) is 57.9 Å². The third-order valence-corrected chi connectivity index (χ3v) is 8.39. The summed E-state index contributed by atoms with van der Waals surface area (Å²) in [6.07, 6.45) is 9.98. The summed E-state index contributed by atoms with van der Waals surface area (Å²) in [6.45, 7) is 8.81. The van der Waals surface area contributed by atoms with E-state index < -0.39 is 0 Å². The molecule has 2 aromatic carbocycles. The second-order valence-corrected chi connectivity index (χ2v) is 10.5. The Hall–Kier alpha value is -0.986. The molecule has 0 bridgehead atoms. The smallest absolute Gasteiger partial charge is 1.00 e. The van der Waals surface area contributed by atoms with Crippen LogP contribution in [0.15, 0.2) is 58.7 Å². The van der Waals surface area contributed by atoms with E-state index in [1.165, 1.54) is 68.1 Å². The van der Waals surface area contributed by atoms with E-state index in [4.69, 9.17) is 0 Å². The van der Waals surface area contributed by atoms with Gasteiger partial charge in [0.2, 0.25) is 0 Å². The molecular weight excluding hydrogens is 495 g/mol. The Labute approximate surface area is 233 Å². The molecular formula is C30H35Cl2OTi. The van der Waals surface area contributed by atoms with Gasteiger partial charge in [0.15, 0.2) is 0 Å². The molecule has 179 valence electrons. The normalized spacial score (nSPS) is 17.9. The third-order valence-electron chi connectivity index (χ3n) is 8.39. The molecule has 5 rings (SSSR count). The Morgan fingerprint density at radius 3 is 1.82 bits per heavy atom. The molecule has 0 unspecified atom stereocenters. The summed E-state index contributed by atoms with van der Waals surface area (Å²) in [5.74, 6) is 0.544. The molecule has 0 N–H and O–H groups in total. The first kappa shape index (κ1) is 29.2. The van der Waals surface area contributed by atoms with E-state index in [1.54, 1.807) is 22.3 Å². The average molecular weight is 530 g/mol. The van der Waals surface area contributed by atoms with Gasteiger partial charge in [0, 0.05) is 11.3 Å². The minimum Gasteiger partial charge on any atom is -1.00 e. The summed E-state index contributed by atoms with van der Waals surface area (Å²) in [5, 5.41) is 14.3. The maximum atomic E-state index is 14.3. The molecule has 0 saturated heterocycles. The number of allylic oxidation sites excluding steroid dienone is 4. The monoisotopic (exact) mass is 529 g/mol. The van der Waals surface area contributed by atoms with E-state index >= 15 is 0 Å². The average Bonchev–Trinajstić information content (AvgIpc) is 3.11. The minimum absolute atomic E-state index is 0. The van der Waals surface area contributed by atoms with Crippen molar-refractivity contribution in [1.29, 1.82) is 0 Å². The molecule has 3 aliphatic rings. The van der Waals surface area contributed by atoms with Crippen molar-refractivity contribution in [3.8, 4) is 5.75 Å². The van der Waals surface area contributed by atoms with Crippen molar-refractivity contribution in [2.45, 2.75) is 90.4 Å². The molecule has 0 saturated carbocycles. The Morgan fingerprint density at radius 1 is 0.794 bits per heavy atom. The van der Waals surface area contributed by atoms with Crippen LogP contribution < -0.4 is 29.9 Å². The topological polar surface area (TPSA) is 23.1 Å². The number of benzene rings is 2. The van der Waals surface area contributed by atoms with Gasteiger partial charge in [-0.2, -0.15) is 0 Å². The maximum absolute atomic E-state index is 14.3. The molecule has 0 heterocycles. The molecule has 0 aliphatic heterocycles. The number of halogens is 2. The largest absolute Gasteiger partial charge is 3.00 e. The minimum atomic E-state index is -0.308. The van der Waals surface area contributed by atoms with Crippen molar-refractivity contribution in [3.05, 3.63) is 86.5 Å². The van der Waals surface area contributed by atoms with Crippen LogP contribution in [0.2, 0.25) is 0 Å². The van der Waals surface area contributed by atoms with Crippen LogP contribution in [0.1, 0.15) is 98.9 Å². The zero-order valence-electron chi connectivity index (χ0n) is 20.9. The molecule has 0 spiro atoms. The molecule has 0 atom stereocenters. The van der Waals surface area contributed by atoms with Gasteiger partial charge in [0.05, 0.1) is 0 Å². The van der Waals surface area contributed by atoms with Gasteiger partial charge in [0.25, 0.3) is 0 Å². The van der Waals surface area contributed by atoms with Crippen LogP contribution in [0.4, 0.5) is 0 Å². The SMILES string of the molecule is Cc1cc(C(C)(C)c2ccccc2)c([O-])c(C2C3=C(CCCC3)C3=C2CCCC3)c1C.[Cl-].[Cl-].[Ti+3]. The van der Waals surface area contributed by atoms with Gasteiger partial charge in [-0.05, 0) is 104 Å². The number of fused-ring (bicyclic) bond motifs is 1. The van der Waals surface area contributed by atoms with Crippen molar-refractivity contribution >= 4 is 0 Å². The molecule has 0 fully saturated rings. The zero-order chi connectivity index (χ0) is 21.8. The summed E-state index contributed by atoms with van der Waals surface area (Å²) in [4.78, 5) is 0. The third kappa shape index (κ3) is 4.71. The Balaban J connectivity index is 0.00000136. The summed E-state index contributed by atoms with van der Waals surface area (Å²) < 4.78 is 0. The van der Waals surface area contributed by atoms with Gasteiger partial charge in [-0.15, -0.1) is 5.75 Å². The van der Waals surface area contributed by atoms with Crippen molar-refractivity contribution in [2.75, 3.05) is 0 Å². The molecule has 4 heteroatoms. The van der Waals surface area contributed by atoms with Crippen molar-refractivity contribution in [2.24, 2.45) is 0 Å². The van der Waals surface area contributed by atoms with E-state index in [0.717, 1.165) is 11.1 Å². The maximum Gasteiger partial charge on any atom is 3.00 e. The summed E-state index contributed by atoms with van der Waals surface area (Å²) in [5.41, 5.74) is 11.9. The van der Waals surface area contributed by atoms with E-state index in [0.29, 0.717) is 5.75 Å². The quantitative estimate of drug-likeness (QED) is 0.553. The van der Waals surface area contributed by atoms with Gasteiger partial charge in [-0.3, -0.25) is 0 Å².